The van der Waals surface area contributed by atoms with Crippen LogP contribution >= 0.6 is 7.60 Å². The molecule has 5 N–H and O–H groups in total. The summed E-state index contributed by atoms with van der Waals surface area (Å²) in [6.45, 7) is 0.121. The summed E-state index contributed by atoms with van der Waals surface area (Å²) < 4.78 is 11.7. The average Bonchev–Trinajstić information content (AvgIpc) is 2.70. The predicted molar refractivity (Wildman–Crippen MR) is 69.8 cm³/mol. The molecule has 0 aliphatic carbocycles. The molecule has 0 fully saturated rings. The van der Waals surface area contributed by atoms with Crippen molar-refractivity contribution in [2.75, 3.05) is 12.3 Å². The molecule has 0 radical (unpaired) electrons. The Morgan fingerprint density at radius 2 is 2.30 bits per heavy atom. The molecule has 0 aromatic carbocycles. The Bertz CT molecular complexity index is 745. The van der Waals surface area contributed by atoms with Crippen molar-refractivity contribution in [3.8, 4) is 0 Å². The first-order chi connectivity index (χ1) is 9.37. The zero-order chi connectivity index (χ0) is 14.8. The lowest BCUT2D eigenvalue weighted by Crippen LogP contribution is -2.15. The molecule has 108 valence electrons. The summed E-state index contributed by atoms with van der Waals surface area (Å²) in [7, 11) is -4.15. The summed E-state index contributed by atoms with van der Waals surface area (Å²) in [5.41, 5.74) is 5.20. The van der Waals surface area contributed by atoms with Crippen molar-refractivity contribution >= 4 is 24.7 Å². The van der Waals surface area contributed by atoms with Crippen molar-refractivity contribution in [3.63, 3.8) is 0 Å². The third kappa shape index (κ3) is 3.44. The van der Waals surface area contributed by atoms with Crippen molar-refractivity contribution in [1.82, 2.24) is 19.7 Å². The van der Waals surface area contributed by atoms with E-state index >= 15 is 0 Å². The fourth-order valence-electron chi connectivity index (χ4n) is 1.43. The van der Waals surface area contributed by atoms with Gasteiger partial charge >= 0.3 is 7.60 Å². The Morgan fingerprint density at radius 3 is 3.00 bits per heavy atom. The van der Waals surface area contributed by atoms with Crippen LogP contribution in [0.5, 0.6) is 0 Å². The minimum absolute atomic E-state index is 0.0609. The minimum atomic E-state index is -4.15. The molecule has 2 rings (SSSR count). The summed E-state index contributed by atoms with van der Waals surface area (Å²) in [6.07, 6.45) is 2.83. The molecule has 0 unspecified atom stereocenters. The predicted octanol–water partition coefficient (Wildman–Crippen LogP) is -0.788. The Kier molecular flexibility index (Phi) is 3.89. The van der Waals surface area contributed by atoms with E-state index in [4.69, 9.17) is 20.4 Å². The number of nitrogens with one attached hydrogen (secondary N) is 1. The highest BCUT2D eigenvalue weighted by atomic mass is 31.2. The fraction of sp³-hybridized carbons (Fsp3) is 0.222. The number of hydrogen-bond donors (Lipinski definition) is 4. The van der Waals surface area contributed by atoms with Gasteiger partial charge in [0.15, 0.2) is 5.52 Å². The Hall–Kier alpha value is -2.16. The molecule has 0 amide bonds. The van der Waals surface area contributed by atoms with Crippen molar-refractivity contribution in [1.29, 1.82) is 0 Å². The topological polar surface area (TPSA) is 156 Å². The van der Waals surface area contributed by atoms with Gasteiger partial charge in [-0.1, -0.05) is 6.08 Å². The van der Waals surface area contributed by atoms with Crippen LogP contribution in [0.1, 0.15) is 6.42 Å². The molecular weight excluding hydrogens is 289 g/mol. The second kappa shape index (κ2) is 5.45. The summed E-state index contributed by atoms with van der Waals surface area (Å²) in [4.78, 5) is 44.0. The van der Waals surface area contributed by atoms with Gasteiger partial charge in [-0.05, 0) is 0 Å². The van der Waals surface area contributed by atoms with Crippen LogP contribution in [0.2, 0.25) is 0 Å². The molecule has 10 nitrogen and oxygen atoms in total. The second-order valence-electron chi connectivity index (χ2n) is 3.79. The lowest BCUT2D eigenvalue weighted by molar-refractivity contribution is 0.121. The number of nitrogens with zero attached hydrogens (tertiary/aromatic N) is 3. The van der Waals surface area contributed by atoms with Gasteiger partial charge in [-0.25, -0.2) is 4.98 Å². The second-order valence-corrected chi connectivity index (χ2v) is 5.27. The third-order valence-electron chi connectivity index (χ3n) is 2.21. The number of nitrogens with two attached hydrogens (primary N) is 1. The van der Waals surface area contributed by atoms with E-state index in [1.165, 1.54) is 17.1 Å². The van der Waals surface area contributed by atoms with E-state index in [0.717, 1.165) is 5.82 Å². The van der Waals surface area contributed by atoms with E-state index in [0.29, 0.717) is 0 Å². The molecule has 0 spiro atoms. The van der Waals surface area contributed by atoms with Crippen LogP contribution in [0.15, 0.2) is 23.0 Å². The first kappa shape index (κ1) is 14.3. The van der Waals surface area contributed by atoms with Crippen LogP contribution in [-0.4, -0.2) is 36.1 Å². The molecule has 2 aromatic rings. The van der Waals surface area contributed by atoms with Gasteiger partial charge in [-0.3, -0.25) is 14.3 Å². The van der Waals surface area contributed by atoms with Crippen LogP contribution in [-0.2, 0) is 4.57 Å². The summed E-state index contributed by atoms with van der Waals surface area (Å²) in [5, 5.41) is 0. The van der Waals surface area contributed by atoms with Gasteiger partial charge in [0.2, 0.25) is 11.6 Å². The van der Waals surface area contributed by atoms with Crippen LogP contribution in [0.25, 0.3) is 11.2 Å². The summed E-state index contributed by atoms with van der Waals surface area (Å²) >= 11 is 0. The molecule has 0 atom stereocenters. The van der Waals surface area contributed by atoms with E-state index in [1.54, 1.807) is 0 Å². The van der Waals surface area contributed by atoms with Crippen LogP contribution < -0.4 is 16.1 Å². The van der Waals surface area contributed by atoms with Crippen LogP contribution in [0, 0.1) is 0 Å². The molecule has 0 aliphatic heterocycles. The van der Waals surface area contributed by atoms with Crippen molar-refractivity contribution in [2.24, 2.45) is 0 Å². The quantitative estimate of drug-likeness (QED) is 0.413. The Balaban J connectivity index is 2.06. The number of hydrogen-bond acceptors (Lipinski definition) is 6. The van der Waals surface area contributed by atoms with Gasteiger partial charge in [-0.2, -0.15) is 9.71 Å². The molecule has 2 aromatic heterocycles. The highest BCUT2D eigenvalue weighted by Crippen LogP contribution is 2.35. The largest absolute Gasteiger partial charge is 0.410 e. The van der Waals surface area contributed by atoms with E-state index in [2.05, 4.69) is 15.0 Å². The maximum atomic E-state index is 11.5. The smallest absolute Gasteiger partial charge is 0.348 e. The Labute approximate surface area is 112 Å². The van der Waals surface area contributed by atoms with E-state index in [9.17, 15) is 9.36 Å². The molecule has 0 saturated heterocycles. The molecule has 0 aliphatic rings. The average molecular weight is 301 g/mol. The molecule has 0 saturated carbocycles. The number of imidazole rings is 1. The van der Waals surface area contributed by atoms with Gasteiger partial charge in [0.25, 0.3) is 5.56 Å². The number of rotatable bonds is 5. The van der Waals surface area contributed by atoms with E-state index < -0.39 is 13.2 Å². The zero-order valence-electron chi connectivity index (χ0n) is 10.1. The van der Waals surface area contributed by atoms with Gasteiger partial charge in [-0.15, -0.1) is 0 Å². The molecule has 0 bridgehead atoms. The Morgan fingerprint density at radius 1 is 1.55 bits per heavy atom. The van der Waals surface area contributed by atoms with E-state index in [-0.39, 0.29) is 30.1 Å². The highest BCUT2D eigenvalue weighted by molar-refractivity contribution is 7.55. The molecule has 11 heteroatoms. The first-order valence-corrected chi connectivity index (χ1v) is 7.14. The number of anilines is 1. The first-order valence-electron chi connectivity index (χ1n) is 5.46. The van der Waals surface area contributed by atoms with E-state index in [1.807, 2.05) is 0 Å². The zero-order valence-corrected chi connectivity index (χ0v) is 11.0. The van der Waals surface area contributed by atoms with Crippen molar-refractivity contribution in [2.45, 2.75) is 6.42 Å². The molecular formula is C9H12N5O5P. The van der Waals surface area contributed by atoms with Gasteiger partial charge in [0, 0.05) is 12.2 Å². The number of aromatic nitrogens is 4. The number of nitrogen functional groups attached to an aromatic ring is 1. The van der Waals surface area contributed by atoms with Crippen LogP contribution in [0.3, 0.4) is 0 Å². The lowest BCUT2D eigenvalue weighted by atomic mass is 10.5. The summed E-state index contributed by atoms with van der Waals surface area (Å²) in [5.74, 6) is 0.734. The minimum Gasteiger partial charge on any atom is -0.410 e. The van der Waals surface area contributed by atoms with Crippen molar-refractivity contribution in [3.05, 3.63) is 28.6 Å². The van der Waals surface area contributed by atoms with Crippen molar-refractivity contribution < 1.29 is 19.2 Å². The van der Waals surface area contributed by atoms with Gasteiger partial charge in [0.05, 0.1) is 0 Å². The maximum Gasteiger partial charge on any atom is 0.348 e. The third-order valence-corrected chi connectivity index (χ3v) is 2.81. The van der Waals surface area contributed by atoms with Gasteiger partial charge in [0.1, 0.15) is 12.9 Å². The maximum absolute atomic E-state index is 11.5. The standard InChI is InChI=1S/C9H12N5O5P/c10-9-12-7-6(8(15)13-9)11-5-14(7)19-3-1-2-4-20(16,17)18/h2,4-5H,1,3H2,(H2,16,17,18)(H3,10,12,13,15)/b4-2-. The summed E-state index contributed by atoms with van der Waals surface area (Å²) in [6, 6.07) is 0. The monoisotopic (exact) mass is 301 g/mol. The SMILES string of the molecule is Nc1nc2c(ncn2OCC/C=C\P(=O)(O)O)c(=O)[nH]1. The molecule has 20 heavy (non-hydrogen) atoms. The number of aromatic amines is 1. The lowest BCUT2D eigenvalue weighted by Gasteiger charge is -2.04. The number of fused-ring (bicyclic) bond motifs is 1. The molecule has 2 heterocycles. The fourth-order valence-corrected chi connectivity index (χ4v) is 1.86. The normalized spacial score (nSPS) is 12.3. The number of H-pyrrole nitrogens is 1. The van der Waals surface area contributed by atoms with Crippen LogP contribution in [0.4, 0.5) is 5.95 Å². The van der Waals surface area contributed by atoms with Gasteiger partial charge < -0.3 is 20.4 Å². The highest BCUT2D eigenvalue weighted by Gasteiger charge is 2.09.